The molecule has 1 N–H and O–H groups in total. The molecule has 130 valence electrons. The van der Waals surface area contributed by atoms with Gasteiger partial charge < -0.3 is 9.40 Å². The Kier molecular flexibility index (Phi) is 4.48. The molecule has 0 spiro atoms. The van der Waals surface area contributed by atoms with Crippen LogP contribution in [0.2, 0.25) is 5.02 Å². The summed E-state index contributed by atoms with van der Waals surface area (Å²) in [6.07, 6.45) is 0. The van der Waals surface area contributed by atoms with Gasteiger partial charge in [0, 0.05) is 10.6 Å². The zero-order valence-corrected chi connectivity index (χ0v) is 15.2. The highest BCUT2D eigenvalue weighted by atomic mass is 35.5. The summed E-state index contributed by atoms with van der Waals surface area (Å²) in [6, 6.07) is 14.4. The number of nitrogens with one attached hydrogen (secondary N) is 1. The Morgan fingerprint density at radius 2 is 2.00 bits per heavy atom. The van der Waals surface area contributed by atoms with Gasteiger partial charge in [-0.3, -0.25) is 4.79 Å². The van der Waals surface area contributed by atoms with Crippen molar-refractivity contribution in [2.24, 2.45) is 0 Å². The molecule has 0 radical (unpaired) electrons. The fraction of sp³-hybridized carbons (Fsp3) is 0.111. The van der Waals surface area contributed by atoms with Crippen molar-refractivity contribution in [1.29, 1.82) is 0 Å². The van der Waals surface area contributed by atoms with Crippen molar-refractivity contribution in [2.45, 2.75) is 17.4 Å². The van der Waals surface area contributed by atoms with E-state index in [1.165, 1.54) is 11.8 Å². The third-order valence-electron chi connectivity index (χ3n) is 3.77. The standard InChI is InChI=1S/C18H13ClN4O2S/c1-10(15-20-14-8-3-2-7-13(14)16(24)21-15)26-18-23-22-17(25-18)11-5-4-6-12(19)9-11/h2-10H,1H3,(H,20,21,24)/t10-/m1/s1. The van der Waals surface area contributed by atoms with Crippen LogP contribution in [0, 0.1) is 0 Å². The lowest BCUT2D eigenvalue weighted by Gasteiger charge is -2.08. The minimum absolute atomic E-state index is 0.164. The molecule has 2 aromatic heterocycles. The smallest absolute Gasteiger partial charge is 0.277 e. The quantitative estimate of drug-likeness (QED) is 0.522. The van der Waals surface area contributed by atoms with Gasteiger partial charge >= 0.3 is 0 Å². The van der Waals surface area contributed by atoms with Crippen molar-refractivity contribution in [3.8, 4) is 11.5 Å². The van der Waals surface area contributed by atoms with Crippen LogP contribution in [0.1, 0.15) is 18.0 Å². The maximum Gasteiger partial charge on any atom is 0.277 e. The second-order valence-corrected chi connectivity index (χ2v) is 7.34. The van der Waals surface area contributed by atoms with Crippen molar-refractivity contribution in [2.75, 3.05) is 0 Å². The number of rotatable bonds is 4. The highest BCUT2D eigenvalue weighted by molar-refractivity contribution is 7.99. The van der Waals surface area contributed by atoms with E-state index in [2.05, 4.69) is 20.2 Å². The molecule has 0 aliphatic rings. The van der Waals surface area contributed by atoms with Crippen molar-refractivity contribution >= 4 is 34.3 Å². The lowest BCUT2D eigenvalue weighted by Crippen LogP contribution is -2.12. The second-order valence-electron chi connectivity index (χ2n) is 5.61. The average molecular weight is 385 g/mol. The Hall–Kier alpha value is -2.64. The SMILES string of the molecule is C[C@@H](Sc1nnc(-c2cccc(Cl)c2)o1)c1nc2ccccc2c(=O)[nH]1. The van der Waals surface area contributed by atoms with E-state index in [1.807, 2.05) is 37.3 Å². The highest BCUT2D eigenvalue weighted by Crippen LogP contribution is 2.33. The Labute approximate surface area is 157 Å². The molecule has 2 aromatic carbocycles. The molecule has 0 aliphatic heterocycles. The van der Waals surface area contributed by atoms with Crippen molar-refractivity contribution < 1.29 is 4.42 Å². The first-order chi connectivity index (χ1) is 12.6. The minimum Gasteiger partial charge on any atom is -0.411 e. The van der Waals surface area contributed by atoms with Crippen LogP contribution < -0.4 is 5.56 Å². The summed E-state index contributed by atoms with van der Waals surface area (Å²) in [5, 5.41) is 9.50. The average Bonchev–Trinajstić information content (AvgIpc) is 3.10. The fourth-order valence-corrected chi connectivity index (χ4v) is 3.43. The minimum atomic E-state index is -0.167. The van der Waals surface area contributed by atoms with Gasteiger partial charge in [0.15, 0.2) is 0 Å². The Balaban J connectivity index is 1.59. The number of thioether (sulfide) groups is 1. The van der Waals surface area contributed by atoms with E-state index in [0.717, 1.165) is 5.56 Å². The molecule has 0 unspecified atom stereocenters. The summed E-state index contributed by atoms with van der Waals surface area (Å²) in [6.45, 7) is 1.92. The summed E-state index contributed by atoms with van der Waals surface area (Å²) in [4.78, 5) is 19.6. The number of hydrogen-bond acceptors (Lipinski definition) is 6. The number of aromatic amines is 1. The van der Waals surface area contributed by atoms with E-state index < -0.39 is 0 Å². The van der Waals surface area contributed by atoms with E-state index >= 15 is 0 Å². The third kappa shape index (κ3) is 3.36. The maximum atomic E-state index is 12.2. The van der Waals surface area contributed by atoms with Crippen LogP contribution in [0.15, 0.2) is 63.0 Å². The molecular weight excluding hydrogens is 372 g/mol. The fourth-order valence-electron chi connectivity index (χ4n) is 2.50. The molecule has 4 rings (SSSR count). The van der Waals surface area contributed by atoms with Gasteiger partial charge in [0.2, 0.25) is 5.89 Å². The number of halogens is 1. The van der Waals surface area contributed by atoms with Crippen LogP contribution >= 0.6 is 23.4 Å². The van der Waals surface area contributed by atoms with Crippen LogP contribution in [0.25, 0.3) is 22.4 Å². The van der Waals surface area contributed by atoms with Gasteiger partial charge in [-0.05, 0) is 37.3 Å². The molecule has 0 fully saturated rings. The molecule has 0 bridgehead atoms. The van der Waals surface area contributed by atoms with E-state index in [4.69, 9.17) is 16.0 Å². The number of benzene rings is 2. The normalized spacial score (nSPS) is 12.4. The van der Waals surface area contributed by atoms with Crippen LogP contribution in [0.3, 0.4) is 0 Å². The molecule has 0 amide bonds. The first-order valence-electron chi connectivity index (χ1n) is 7.85. The number of para-hydroxylation sites is 1. The third-order valence-corrected chi connectivity index (χ3v) is 4.95. The van der Waals surface area contributed by atoms with Crippen molar-refractivity contribution in [3.63, 3.8) is 0 Å². The summed E-state index contributed by atoms with van der Waals surface area (Å²) >= 11 is 7.32. The summed E-state index contributed by atoms with van der Waals surface area (Å²) in [7, 11) is 0. The lowest BCUT2D eigenvalue weighted by atomic mass is 10.2. The van der Waals surface area contributed by atoms with Crippen LogP contribution in [-0.4, -0.2) is 20.2 Å². The summed E-state index contributed by atoms with van der Waals surface area (Å²) in [5.41, 5.74) is 1.24. The van der Waals surface area contributed by atoms with Gasteiger partial charge in [-0.25, -0.2) is 4.98 Å². The van der Waals surface area contributed by atoms with Crippen LogP contribution in [0.4, 0.5) is 0 Å². The molecule has 26 heavy (non-hydrogen) atoms. The van der Waals surface area contributed by atoms with Crippen LogP contribution in [0.5, 0.6) is 0 Å². The molecule has 6 nitrogen and oxygen atoms in total. The van der Waals surface area contributed by atoms with Gasteiger partial charge in [0.1, 0.15) is 5.82 Å². The first-order valence-corrected chi connectivity index (χ1v) is 9.11. The van der Waals surface area contributed by atoms with Gasteiger partial charge in [0.05, 0.1) is 16.2 Å². The molecule has 8 heteroatoms. The Bertz CT molecular complexity index is 1140. The Morgan fingerprint density at radius 1 is 1.15 bits per heavy atom. The topological polar surface area (TPSA) is 84.7 Å². The maximum absolute atomic E-state index is 12.2. The number of hydrogen-bond donors (Lipinski definition) is 1. The van der Waals surface area contributed by atoms with Gasteiger partial charge in [-0.1, -0.05) is 41.6 Å². The molecule has 0 aliphatic carbocycles. The molecule has 1 atom stereocenters. The molecule has 0 saturated carbocycles. The van der Waals surface area contributed by atoms with Gasteiger partial charge in [-0.2, -0.15) is 0 Å². The van der Waals surface area contributed by atoms with Gasteiger partial charge in [0.25, 0.3) is 10.8 Å². The predicted molar refractivity (Wildman–Crippen MR) is 101 cm³/mol. The Morgan fingerprint density at radius 3 is 2.85 bits per heavy atom. The monoisotopic (exact) mass is 384 g/mol. The van der Waals surface area contributed by atoms with E-state index in [1.54, 1.807) is 18.2 Å². The number of nitrogens with zero attached hydrogens (tertiary/aromatic N) is 3. The van der Waals surface area contributed by atoms with Gasteiger partial charge in [-0.15, -0.1) is 10.2 Å². The first kappa shape index (κ1) is 16.8. The zero-order chi connectivity index (χ0) is 18.1. The molecular formula is C18H13ClN4O2S. The molecule has 4 aromatic rings. The second kappa shape index (κ2) is 6.93. The van der Waals surface area contributed by atoms with Crippen molar-refractivity contribution in [1.82, 2.24) is 20.2 Å². The van der Waals surface area contributed by atoms with E-state index in [-0.39, 0.29) is 10.8 Å². The number of H-pyrrole nitrogens is 1. The largest absolute Gasteiger partial charge is 0.411 e. The molecule has 0 saturated heterocycles. The summed E-state index contributed by atoms with van der Waals surface area (Å²) in [5.74, 6) is 0.948. The lowest BCUT2D eigenvalue weighted by molar-refractivity contribution is 0.465. The molecule has 2 heterocycles. The number of aromatic nitrogens is 4. The zero-order valence-electron chi connectivity index (χ0n) is 13.6. The van der Waals surface area contributed by atoms with Crippen molar-refractivity contribution in [3.05, 3.63) is 69.7 Å². The van der Waals surface area contributed by atoms with E-state index in [0.29, 0.717) is 32.9 Å². The number of fused-ring (bicyclic) bond motifs is 1. The van der Waals surface area contributed by atoms with Crippen LogP contribution in [-0.2, 0) is 0 Å². The summed E-state index contributed by atoms with van der Waals surface area (Å²) < 4.78 is 5.70. The highest BCUT2D eigenvalue weighted by Gasteiger charge is 2.17. The van der Waals surface area contributed by atoms with E-state index in [9.17, 15) is 4.79 Å². The predicted octanol–water partition coefficient (Wildman–Crippen LogP) is 4.48.